The topological polar surface area (TPSA) is 175 Å². The van der Waals surface area contributed by atoms with Crippen molar-refractivity contribution in [2.24, 2.45) is 0 Å². The fourth-order valence-electron chi connectivity index (χ4n) is 8.92. The first-order valence-electron chi connectivity index (χ1n) is 23.1. The number of rotatable bonds is 27. The average Bonchev–Trinajstić information content (AvgIpc) is 3.77. The van der Waals surface area contributed by atoms with Gasteiger partial charge in [-0.25, -0.2) is 0 Å². The summed E-state index contributed by atoms with van der Waals surface area (Å²) < 4.78 is 47.1. The van der Waals surface area contributed by atoms with Crippen LogP contribution in [0.2, 0.25) is 0 Å². The van der Waals surface area contributed by atoms with Crippen LogP contribution < -0.4 is 15.5 Å². The van der Waals surface area contributed by atoms with Crippen LogP contribution >= 0.6 is 0 Å². The fourth-order valence-corrected chi connectivity index (χ4v) is 9.42. The molecule has 0 aliphatic carbocycles. The van der Waals surface area contributed by atoms with Crippen LogP contribution in [-0.2, 0) is 49.6 Å². The molecule has 65 heavy (non-hydrogen) atoms. The molecule has 3 aliphatic heterocycles. The van der Waals surface area contributed by atoms with Gasteiger partial charge in [0.25, 0.3) is 21.9 Å². The molecule has 2 aromatic rings. The molecule has 3 aliphatic rings. The second-order valence-corrected chi connectivity index (χ2v) is 19.6. The maximum atomic E-state index is 12.6. The molecule has 0 saturated carbocycles. The van der Waals surface area contributed by atoms with E-state index in [0.29, 0.717) is 71.7 Å². The van der Waals surface area contributed by atoms with E-state index in [9.17, 15) is 32.1 Å². The van der Waals surface area contributed by atoms with E-state index in [1.807, 2.05) is 0 Å². The van der Waals surface area contributed by atoms with Crippen molar-refractivity contribution >= 4 is 50.8 Å². The Balaban J connectivity index is 1.22. The zero-order valence-corrected chi connectivity index (χ0v) is 40.1. The summed E-state index contributed by atoms with van der Waals surface area (Å²) in [4.78, 5) is 52.0. The summed E-state index contributed by atoms with van der Waals surface area (Å²) >= 11 is 0. The molecule has 354 valence electrons. The Labute approximate surface area is 385 Å². The van der Waals surface area contributed by atoms with E-state index < -0.39 is 15.5 Å². The van der Waals surface area contributed by atoms with E-state index >= 15 is 0 Å². The van der Waals surface area contributed by atoms with Crippen molar-refractivity contribution in [3.8, 4) is 0 Å². The number of hydrogen-bond acceptors (Lipinski definition) is 9. The number of hydrogen-bond donors (Lipinski definition) is 3. The number of benzene rings is 2. The van der Waals surface area contributed by atoms with Crippen molar-refractivity contribution in [2.75, 3.05) is 64.6 Å². The monoisotopic (exact) mass is 916 g/mol. The molecule has 3 N–H and O–H groups in total. The van der Waals surface area contributed by atoms with E-state index in [1.54, 1.807) is 19.2 Å². The molecule has 0 spiro atoms. The van der Waals surface area contributed by atoms with E-state index in [0.717, 1.165) is 68.5 Å². The first-order chi connectivity index (χ1) is 31.0. The van der Waals surface area contributed by atoms with Crippen molar-refractivity contribution in [2.45, 2.75) is 121 Å². The van der Waals surface area contributed by atoms with Gasteiger partial charge in [0, 0.05) is 99.2 Å². The number of nitrogens with zero attached hydrogens (tertiary/aromatic N) is 3. The number of amides is 4. The number of imide groups is 1. The minimum atomic E-state index is -4.42. The lowest BCUT2D eigenvalue weighted by Crippen LogP contribution is -2.31. The van der Waals surface area contributed by atoms with Gasteiger partial charge in [-0.15, -0.1) is 0 Å². The maximum Gasteiger partial charge on any atom is 0.294 e. The highest BCUT2D eigenvalue weighted by molar-refractivity contribution is 7.85. The fraction of sp³-hybridized carbons (Fsp3) is 0.540. The zero-order valence-electron chi connectivity index (χ0n) is 39.2. The molecule has 2 aromatic carbocycles. The van der Waals surface area contributed by atoms with Gasteiger partial charge < -0.3 is 25.0 Å². The Morgan fingerprint density at radius 1 is 0.754 bits per heavy atom. The number of aryl methyl sites for hydroxylation is 1. The highest BCUT2D eigenvalue weighted by atomic mass is 32.2. The van der Waals surface area contributed by atoms with Crippen LogP contribution in [0.4, 0.5) is 11.4 Å². The number of fused-ring (bicyclic) bond motifs is 2. The predicted molar refractivity (Wildman–Crippen MR) is 253 cm³/mol. The Bertz CT molecular complexity index is 2260. The normalized spacial score (nSPS) is 16.9. The molecule has 0 fully saturated rings. The molecule has 14 nitrogen and oxygen atoms in total. The Morgan fingerprint density at radius 2 is 1.40 bits per heavy atom. The largest absolute Gasteiger partial charge is 0.382 e. The van der Waals surface area contributed by atoms with Gasteiger partial charge in [0.2, 0.25) is 17.5 Å². The molecule has 0 atom stereocenters. The number of carbonyl (C=O) groups excluding carboxylic acids is 4. The van der Waals surface area contributed by atoms with E-state index in [-0.39, 0.29) is 33.9 Å². The minimum Gasteiger partial charge on any atom is -0.382 e. The Kier molecular flexibility index (Phi) is 18.4. The quantitative estimate of drug-likeness (QED) is 0.0368. The van der Waals surface area contributed by atoms with Gasteiger partial charge >= 0.3 is 0 Å². The van der Waals surface area contributed by atoms with Gasteiger partial charge in [-0.05, 0) is 95.6 Å². The number of nitrogens with one attached hydrogen (secondary N) is 2. The third-order valence-corrected chi connectivity index (χ3v) is 13.4. The van der Waals surface area contributed by atoms with E-state index in [4.69, 9.17) is 9.47 Å². The van der Waals surface area contributed by atoms with Crippen LogP contribution in [0.5, 0.6) is 0 Å². The zero-order chi connectivity index (χ0) is 47.2. The van der Waals surface area contributed by atoms with Crippen LogP contribution in [0.3, 0.4) is 0 Å². The molecule has 0 bridgehead atoms. The van der Waals surface area contributed by atoms with Crippen LogP contribution in [0.1, 0.15) is 115 Å². The third kappa shape index (κ3) is 13.6. The number of carbonyl (C=O) groups is 4. The highest BCUT2D eigenvalue weighted by Gasteiger charge is 2.45. The summed E-state index contributed by atoms with van der Waals surface area (Å²) in [5.74, 6) is -0.525. The minimum absolute atomic E-state index is 0.00664. The van der Waals surface area contributed by atoms with Crippen molar-refractivity contribution in [1.82, 2.24) is 15.5 Å². The van der Waals surface area contributed by atoms with E-state index in [1.165, 1.54) is 45.6 Å². The van der Waals surface area contributed by atoms with Gasteiger partial charge in [-0.1, -0.05) is 44.0 Å². The number of methoxy groups -OCH3 is 1. The lowest BCUT2D eigenvalue weighted by Gasteiger charge is -2.27. The molecule has 0 saturated heterocycles. The molecule has 0 unspecified atom stereocenters. The van der Waals surface area contributed by atoms with E-state index in [2.05, 4.69) is 91.2 Å². The smallest absolute Gasteiger partial charge is 0.294 e. The van der Waals surface area contributed by atoms with Crippen LogP contribution in [0, 0.1) is 6.92 Å². The number of ether oxygens (including phenoxy) is 2. The molecule has 0 aromatic heterocycles. The SMILES string of the molecule is COCCOCCNC(=O)CCCCCN1C(=CC=CC2=[N+](CCCCCC(=O)NCCCCCN3C(=O)C=CC3=O)c3ccc(S(=O)(=O)O)cc3C2(C)C)C(C)(C)c2cc(C)ccc21. The lowest BCUT2D eigenvalue weighted by atomic mass is 9.81. The summed E-state index contributed by atoms with van der Waals surface area (Å²) in [5, 5.41) is 5.92. The molecule has 0 radical (unpaired) electrons. The highest BCUT2D eigenvalue weighted by Crippen LogP contribution is 2.48. The number of allylic oxidation sites excluding steroid dienone is 4. The summed E-state index contributed by atoms with van der Waals surface area (Å²) in [5.41, 5.74) is 6.65. The standard InChI is InChI=1S/C50H69N5O9S/c1-37-21-23-41-39(35-37)49(2,3)43(53(41)29-13-8-11-20-46(57)52-28-32-64-34-33-63-6)17-16-18-44-50(4,5)40-36-38(65(60,61)62)22-24-42(40)54(44)30-14-7-10-19-45(56)51-27-12-9-15-31-55-47(58)25-26-48(55)59/h16-18,21-26,35-36H,7-15,19-20,27-34H2,1-6H3,(H2-,51,52,56,57,60,61,62)/p+1. The first-order valence-corrected chi connectivity index (χ1v) is 24.6. The molecule has 4 amide bonds. The van der Waals surface area contributed by atoms with Crippen molar-refractivity contribution < 1.29 is 46.2 Å². The molecular weight excluding hydrogens is 847 g/mol. The number of anilines is 1. The average molecular weight is 917 g/mol. The third-order valence-electron chi connectivity index (χ3n) is 12.6. The second kappa shape index (κ2) is 23.5. The molecule has 5 rings (SSSR count). The number of unbranched alkanes of at least 4 members (excludes halogenated alkanes) is 6. The molecule has 15 heteroatoms. The van der Waals surface area contributed by atoms with Gasteiger partial charge in [-0.3, -0.25) is 28.6 Å². The van der Waals surface area contributed by atoms with Gasteiger partial charge in [-0.2, -0.15) is 13.0 Å². The Morgan fingerprint density at radius 3 is 2.08 bits per heavy atom. The molecular formula is C50H70N5O9S+. The van der Waals surface area contributed by atoms with Crippen molar-refractivity contribution in [3.63, 3.8) is 0 Å². The van der Waals surface area contributed by atoms with Gasteiger partial charge in [0.05, 0.1) is 30.1 Å². The van der Waals surface area contributed by atoms with Gasteiger partial charge in [0.1, 0.15) is 6.54 Å². The summed E-state index contributed by atoms with van der Waals surface area (Å²) in [7, 11) is -2.79. The summed E-state index contributed by atoms with van der Waals surface area (Å²) in [6.45, 7) is 15.1. The lowest BCUT2D eigenvalue weighted by molar-refractivity contribution is -0.438. The summed E-state index contributed by atoms with van der Waals surface area (Å²) in [6, 6.07) is 11.4. The molecule has 3 heterocycles. The maximum absolute atomic E-state index is 12.6. The Hall–Kier alpha value is -4.96. The van der Waals surface area contributed by atoms with Crippen LogP contribution in [0.25, 0.3) is 0 Å². The van der Waals surface area contributed by atoms with Crippen molar-refractivity contribution in [3.05, 3.63) is 89.2 Å². The first kappa shape index (κ1) is 51.0. The van der Waals surface area contributed by atoms with Crippen LogP contribution in [0.15, 0.2) is 77.4 Å². The van der Waals surface area contributed by atoms with Crippen LogP contribution in [-0.4, -0.2) is 111 Å². The predicted octanol–water partition coefficient (Wildman–Crippen LogP) is 6.97. The summed E-state index contributed by atoms with van der Waals surface area (Å²) in [6.07, 6.45) is 17.0. The second-order valence-electron chi connectivity index (χ2n) is 18.2. The van der Waals surface area contributed by atoms with Crippen molar-refractivity contribution in [1.29, 1.82) is 0 Å². The van der Waals surface area contributed by atoms with Gasteiger partial charge in [0.15, 0.2) is 5.71 Å².